The number of allylic oxidation sites excluding steroid dienone is 4. The van der Waals surface area contributed by atoms with Crippen LogP contribution in [-0.4, -0.2) is 0 Å². The molecule has 286 valence electrons. The zero-order chi connectivity index (χ0) is 39.9. The van der Waals surface area contributed by atoms with Gasteiger partial charge in [0.1, 0.15) is 11.3 Å². The standard InChI is InChI=1S/C57H47NO/c1-37-15-12-26-52-54(37)47-35-41(29-32-51(47)59-52)38-27-30-42(31-28-38)58(43-33-34-57(4)49-24-10-9-23-48(49)56(2,3)53(57)36-43)50-25-11-8-20-45(50)46-22-14-19-40-18-13-21-44(55(40)46)39-16-6-5-7-17-39/h5-14,16-33,35-37H,15,34H2,1-4H3. The first-order valence-electron chi connectivity index (χ1n) is 21.1. The second kappa shape index (κ2) is 13.5. The second-order valence-electron chi connectivity index (χ2n) is 17.5. The summed E-state index contributed by atoms with van der Waals surface area (Å²) in [6, 6.07) is 58.2. The van der Waals surface area contributed by atoms with Gasteiger partial charge in [-0.05, 0) is 117 Å². The third-order valence-corrected chi connectivity index (χ3v) is 13.6. The molecule has 0 N–H and O–H groups in total. The molecular weight excluding hydrogens is 715 g/mol. The van der Waals surface area contributed by atoms with Crippen molar-refractivity contribution in [2.75, 3.05) is 4.90 Å². The number of fused-ring (bicyclic) bond motifs is 7. The molecule has 7 aromatic carbocycles. The molecule has 11 rings (SSSR count). The van der Waals surface area contributed by atoms with Gasteiger partial charge in [0.05, 0.1) is 5.69 Å². The van der Waals surface area contributed by atoms with Crippen LogP contribution in [0.15, 0.2) is 192 Å². The number of para-hydroxylation sites is 1. The zero-order valence-corrected chi connectivity index (χ0v) is 34.2. The molecule has 59 heavy (non-hydrogen) atoms. The van der Waals surface area contributed by atoms with Gasteiger partial charge in [-0.25, -0.2) is 0 Å². The van der Waals surface area contributed by atoms with Crippen molar-refractivity contribution in [2.24, 2.45) is 0 Å². The molecule has 0 spiro atoms. The Labute approximate surface area is 347 Å². The summed E-state index contributed by atoms with van der Waals surface area (Å²) in [6.45, 7) is 9.56. The molecule has 0 amide bonds. The number of rotatable bonds is 6. The van der Waals surface area contributed by atoms with E-state index in [9.17, 15) is 0 Å². The minimum Gasteiger partial charge on any atom is -0.456 e. The first-order valence-corrected chi connectivity index (χ1v) is 21.1. The predicted octanol–water partition coefficient (Wildman–Crippen LogP) is 15.7. The van der Waals surface area contributed by atoms with Crippen LogP contribution in [-0.2, 0) is 10.8 Å². The van der Waals surface area contributed by atoms with E-state index in [0.717, 1.165) is 35.6 Å². The topological polar surface area (TPSA) is 16.4 Å². The maximum absolute atomic E-state index is 6.29. The summed E-state index contributed by atoms with van der Waals surface area (Å²) < 4.78 is 6.29. The number of anilines is 2. The molecule has 0 saturated carbocycles. The lowest BCUT2D eigenvalue weighted by molar-refractivity contribution is 0.508. The highest BCUT2D eigenvalue weighted by Crippen LogP contribution is 2.58. The van der Waals surface area contributed by atoms with Gasteiger partial charge in [0.2, 0.25) is 0 Å². The van der Waals surface area contributed by atoms with Crippen LogP contribution in [0.25, 0.3) is 61.2 Å². The molecule has 0 bridgehead atoms. The molecule has 3 aliphatic carbocycles. The van der Waals surface area contributed by atoms with Crippen LogP contribution in [0.4, 0.5) is 11.4 Å². The van der Waals surface area contributed by atoms with E-state index in [1.807, 2.05) is 0 Å². The molecule has 0 radical (unpaired) electrons. The fourth-order valence-corrected chi connectivity index (χ4v) is 10.7. The molecule has 2 unspecified atom stereocenters. The van der Waals surface area contributed by atoms with Crippen molar-refractivity contribution < 1.29 is 4.42 Å². The van der Waals surface area contributed by atoms with Crippen LogP contribution in [0.2, 0.25) is 0 Å². The van der Waals surface area contributed by atoms with E-state index in [1.165, 1.54) is 77.5 Å². The van der Waals surface area contributed by atoms with Gasteiger partial charge in [-0.1, -0.05) is 167 Å². The third kappa shape index (κ3) is 5.53. The van der Waals surface area contributed by atoms with Crippen LogP contribution in [0.1, 0.15) is 68.9 Å². The average molecular weight is 762 g/mol. The van der Waals surface area contributed by atoms with Crippen molar-refractivity contribution in [1.29, 1.82) is 0 Å². The minimum atomic E-state index is -0.0989. The van der Waals surface area contributed by atoms with E-state index in [1.54, 1.807) is 0 Å². The molecule has 2 heteroatoms. The lowest BCUT2D eigenvalue weighted by Crippen LogP contribution is -2.30. The SMILES string of the molecule is CC1CC=Cc2oc3ccc(-c4ccc(N(C5=CCC6(C)C(=C5)C(C)(C)c5ccccc56)c5ccccc5-c5cccc6cccc(-c7ccccc7)c56)cc4)cc3c21. The maximum atomic E-state index is 6.29. The maximum Gasteiger partial charge on any atom is 0.135 e. The van der Waals surface area contributed by atoms with Gasteiger partial charge < -0.3 is 9.32 Å². The summed E-state index contributed by atoms with van der Waals surface area (Å²) in [5.41, 5.74) is 17.3. The Balaban J connectivity index is 1.09. The fraction of sp³-hybridized carbons (Fsp3) is 0.158. The monoisotopic (exact) mass is 761 g/mol. The molecule has 0 aliphatic heterocycles. The summed E-state index contributed by atoms with van der Waals surface area (Å²) in [5.74, 6) is 1.44. The highest BCUT2D eigenvalue weighted by atomic mass is 16.3. The molecule has 3 aliphatic rings. The highest BCUT2D eigenvalue weighted by molar-refractivity contribution is 6.08. The van der Waals surface area contributed by atoms with E-state index in [-0.39, 0.29) is 10.8 Å². The van der Waals surface area contributed by atoms with E-state index in [0.29, 0.717) is 5.92 Å². The first kappa shape index (κ1) is 35.5. The lowest BCUT2D eigenvalue weighted by atomic mass is 9.70. The van der Waals surface area contributed by atoms with Crippen molar-refractivity contribution in [3.05, 3.63) is 210 Å². The van der Waals surface area contributed by atoms with Crippen LogP contribution in [0, 0.1) is 0 Å². The Kier molecular flexibility index (Phi) is 8.10. The lowest BCUT2D eigenvalue weighted by Gasteiger charge is -2.38. The average Bonchev–Trinajstić information content (AvgIpc) is 3.74. The van der Waals surface area contributed by atoms with Crippen molar-refractivity contribution in [3.63, 3.8) is 0 Å². The van der Waals surface area contributed by atoms with Crippen LogP contribution >= 0.6 is 0 Å². The van der Waals surface area contributed by atoms with Gasteiger partial charge >= 0.3 is 0 Å². The number of nitrogens with zero attached hydrogens (tertiary/aromatic N) is 1. The van der Waals surface area contributed by atoms with Gasteiger partial charge in [-0.2, -0.15) is 0 Å². The van der Waals surface area contributed by atoms with Crippen LogP contribution in [0.3, 0.4) is 0 Å². The quantitative estimate of drug-likeness (QED) is 0.168. The second-order valence-corrected chi connectivity index (χ2v) is 17.5. The van der Waals surface area contributed by atoms with Gasteiger partial charge in [-0.3, -0.25) is 0 Å². The molecule has 2 atom stereocenters. The van der Waals surface area contributed by atoms with E-state index < -0.39 is 0 Å². The predicted molar refractivity (Wildman–Crippen MR) is 248 cm³/mol. The van der Waals surface area contributed by atoms with E-state index in [2.05, 4.69) is 215 Å². The Morgan fingerprint density at radius 1 is 0.627 bits per heavy atom. The minimum absolute atomic E-state index is 0.0585. The smallest absolute Gasteiger partial charge is 0.135 e. The molecule has 2 nitrogen and oxygen atoms in total. The molecule has 0 saturated heterocycles. The Hall–Kier alpha value is -6.64. The van der Waals surface area contributed by atoms with E-state index in [4.69, 9.17) is 4.42 Å². The normalized spacial score (nSPS) is 18.9. The number of hydrogen-bond acceptors (Lipinski definition) is 2. The Bertz CT molecular complexity index is 3040. The number of benzene rings is 7. The summed E-state index contributed by atoms with van der Waals surface area (Å²) in [4.78, 5) is 2.51. The molecule has 8 aromatic rings. The van der Waals surface area contributed by atoms with E-state index >= 15 is 0 Å². The van der Waals surface area contributed by atoms with Crippen molar-refractivity contribution in [3.8, 4) is 33.4 Å². The summed E-state index contributed by atoms with van der Waals surface area (Å²) in [6.07, 6.45) is 11.3. The molecule has 1 aromatic heterocycles. The van der Waals surface area contributed by atoms with Gasteiger partial charge in [0.15, 0.2) is 0 Å². The summed E-state index contributed by atoms with van der Waals surface area (Å²) in [5, 5.41) is 3.72. The van der Waals surface area contributed by atoms with Gasteiger partial charge in [0, 0.05) is 38.7 Å². The molecular formula is C57H47NO. The third-order valence-electron chi connectivity index (χ3n) is 13.6. The van der Waals surface area contributed by atoms with Crippen LogP contribution in [0.5, 0.6) is 0 Å². The van der Waals surface area contributed by atoms with Gasteiger partial charge in [0.25, 0.3) is 0 Å². The number of furan rings is 1. The first-order chi connectivity index (χ1) is 28.8. The largest absolute Gasteiger partial charge is 0.456 e. The zero-order valence-electron chi connectivity index (χ0n) is 34.2. The molecule has 0 fully saturated rings. The fourth-order valence-electron chi connectivity index (χ4n) is 10.7. The highest BCUT2D eigenvalue weighted by Gasteiger charge is 2.50. The van der Waals surface area contributed by atoms with Crippen molar-refractivity contribution in [1.82, 2.24) is 0 Å². The Morgan fingerprint density at radius 2 is 1.32 bits per heavy atom. The van der Waals surface area contributed by atoms with Crippen molar-refractivity contribution in [2.45, 2.75) is 57.3 Å². The Morgan fingerprint density at radius 3 is 2.14 bits per heavy atom. The van der Waals surface area contributed by atoms with Crippen molar-refractivity contribution >= 4 is 39.2 Å². The number of hydrogen-bond donors (Lipinski definition) is 0. The van der Waals surface area contributed by atoms with Crippen LogP contribution < -0.4 is 4.90 Å². The molecule has 1 heterocycles. The summed E-state index contributed by atoms with van der Waals surface area (Å²) in [7, 11) is 0. The van der Waals surface area contributed by atoms with Gasteiger partial charge in [-0.15, -0.1) is 0 Å². The summed E-state index contributed by atoms with van der Waals surface area (Å²) >= 11 is 0.